The molecular formula is C10H12N2O4S. The van der Waals surface area contributed by atoms with Crippen molar-refractivity contribution in [2.24, 2.45) is 0 Å². The summed E-state index contributed by atoms with van der Waals surface area (Å²) in [6, 6.07) is 1.09. The summed E-state index contributed by atoms with van der Waals surface area (Å²) in [6.07, 6.45) is -0.0504. The third-order valence-corrected chi connectivity index (χ3v) is 3.54. The van der Waals surface area contributed by atoms with Crippen molar-refractivity contribution < 1.29 is 14.6 Å². The molecule has 92 valence electrons. The van der Waals surface area contributed by atoms with Gasteiger partial charge >= 0.3 is 5.97 Å². The van der Waals surface area contributed by atoms with Crippen molar-refractivity contribution in [3.05, 3.63) is 22.1 Å². The fourth-order valence-electron chi connectivity index (χ4n) is 1.77. The topological polar surface area (TPSA) is 81.4 Å². The molecule has 0 saturated carbocycles. The van der Waals surface area contributed by atoms with E-state index in [9.17, 15) is 9.59 Å². The van der Waals surface area contributed by atoms with Crippen LogP contribution in [0.2, 0.25) is 0 Å². The van der Waals surface area contributed by atoms with Gasteiger partial charge in [0, 0.05) is 18.9 Å². The molecule has 0 radical (unpaired) electrons. The average molecular weight is 256 g/mol. The molecule has 0 spiro atoms. The van der Waals surface area contributed by atoms with E-state index in [-0.39, 0.29) is 24.6 Å². The maximum Gasteiger partial charge on any atom is 0.305 e. The molecule has 2 rings (SSSR count). The Balaban J connectivity index is 2.34. The molecule has 0 unspecified atom stereocenters. The summed E-state index contributed by atoms with van der Waals surface area (Å²) in [5.41, 5.74) is 0.366. The van der Waals surface area contributed by atoms with E-state index in [1.54, 1.807) is 0 Å². The van der Waals surface area contributed by atoms with Crippen LogP contribution in [0.1, 0.15) is 18.2 Å². The van der Waals surface area contributed by atoms with Gasteiger partial charge in [0.2, 0.25) is 0 Å². The first-order chi connectivity index (χ1) is 8.11. The van der Waals surface area contributed by atoms with Gasteiger partial charge in [0.25, 0.3) is 5.56 Å². The Bertz CT molecular complexity index is 500. The number of hydrogen-bond acceptors (Lipinski definition) is 5. The molecule has 1 aromatic rings. The van der Waals surface area contributed by atoms with Crippen LogP contribution in [0, 0.1) is 0 Å². The van der Waals surface area contributed by atoms with Crippen molar-refractivity contribution >= 4 is 17.7 Å². The van der Waals surface area contributed by atoms with Crippen LogP contribution in [0.25, 0.3) is 0 Å². The zero-order chi connectivity index (χ0) is 12.4. The minimum Gasteiger partial charge on any atom is -0.481 e. The number of methoxy groups -OCH3 is 1. The zero-order valence-electron chi connectivity index (χ0n) is 9.25. The number of carbonyl (C=O) groups is 1. The van der Waals surface area contributed by atoms with E-state index in [0.29, 0.717) is 16.6 Å². The number of rotatable bonds is 4. The number of hydrogen-bond donors (Lipinski definition) is 1. The Kier molecular flexibility index (Phi) is 3.49. The highest BCUT2D eigenvalue weighted by Gasteiger charge is 2.27. The normalized spacial score (nSPS) is 18.1. The minimum atomic E-state index is -0.906. The zero-order valence-corrected chi connectivity index (χ0v) is 10.1. The van der Waals surface area contributed by atoms with Crippen molar-refractivity contribution in [1.82, 2.24) is 9.55 Å². The number of nitrogens with zero attached hydrogens (tertiary/aromatic N) is 2. The van der Waals surface area contributed by atoms with Gasteiger partial charge < -0.3 is 9.84 Å². The first-order valence-corrected chi connectivity index (χ1v) is 6.06. The second-order valence-corrected chi connectivity index (χ2v) is 4.72. The number of aromatic nitrogens is 2. The van der Waals surface area contributed by atoms with Crippen molar-refractivity contribution in [1.29, 1.82) is 0 Å². The van der Waals surface area contributed by atoms with Gasteiger partial charge in [0.15, 0.2) is 5.16 Å². The molecule has 1 aliphatic rings. The standard InChI is InChI=1S/C10H12N2O4S/c1-16-4-6-2-8(13)12-7(3-9(14)15)5-17-10(12)11-6/h2,7H,3-5H2,1H3,(H,14,15)/t7-/m0/s1. The third-order valence-electron chi connectivity index (χ3n) is 2.45. The number of fused-ring (bicyclic) bond motifs is 1. The first-order valence-electron chi connectivity index (χ1n) is 5.08. The Morgan fingerprint density at radius 2 is 2.53 bits per heavy atom. The fourth-order valence-corrected chi connectivity index (χ4v) is 2.94. The van der Waals surface area contributed by atoms with E-state index in [1.807, 2.05) is 0 Å². The van der Waals surface area contributed by atoms with Crippen LogP contribution in [0.3, 0.4) is 0 Å². The molecule has 1 atom stereocenters. The first kappa shape index (κ1) is 12.1. The van der Waals surface area contributed by atoms with Crippen LogP contribution >= 0.6 is 11.8 Å². The number of carboxylic acids is 1. The Hall–Kier alpha value is -1.34. The second kappa shape index (κ2) is 4.89. The van der Waals surface area contributed by atoms with E-state index >= 15 is 0 Å². The number of thioether (sulfide) groups is 1. The molecular weight excluding hydrogens is 244 g/mol. The predicted molar refractivity (Wildman–Crippen MR) is 61.2 cm³/mol. The van der Waals surface area contributed by atoms with Gasteiger partial charge in [0.1, 0.15) is 0 Å². The summed E-state index contributed by atoms with van der Waals surface area (Å²) in [6.45, 7) is 0.285. The van der Waals surface area contributed by atoms with Crippen molar-refractivity contribution in [3.8, 4) is 0 Å². The lowest BCUT2D eigenvalue weighted by Crippen LogP contribution is -2.26. The molecule has 0 bridgehead atoms. The van der Waals surface area contributed by atoms with E-state index in [4.69, 9.17) is 9.84 Å². The Labute approximate surface area is 102 Å². The highest BCUT2D eigenvalue weighted by atomic mass is 32.2. The van der Waals surface area contributed by atoms with Crippen molar-refractivity contribution in [3.63, 3.8) is 0 Å². The SMILES string of the molecule is COCc1cc(=O)n2c(n1)SC[C@@H]2CC(=O)O. The fraction of sp³-hybridized carbons (Fsp3) is 0.500. The van der Waals surface area contributed by atoms with E-state index in [0.717, 1.165) is 0 Å². The smallest absolute Gasteiger partial charge is 0.305 e. The number of aliphatic carboxylic acids is 1. The molecule has 17 heavy (non-hydrogen) atoms. The van der Waals surface area contributed by atoms with Gasteiger partial charge in [0.05, 0.1) is 24.8 Å². The predicted octanol–water partition coefficient (Wildman–Crippen LogP) is 0.511. The van der Waals surface area contributed by atoms with Gasteiger partial charge in [-0.1, -0.05) is 11.8 Å². The van der Waals surface area contributed by atoms with Gasteiger partial charge in [-0.15, -0.1) is 0 Å². The number of carboxylic acid groups (broad SMARTS) is 1. The molecule has 1 N–H and O–H groups in total. The van der Waals surface area contributed by atoms with Gasteiger partial charge in [-0.05, 0) is 0 Å². The summed E-state index contributed by atoms with van der Waals surface area (Å²) in [5.74, 6) is -0.332. The van der Waals surface area contributed by atoms with E-state index in [1.165, 1.54) is 29.5 Å². The molecule has 1 aliphatic heterocycles. The Morgan fingerprint density at radius 1 is 1.76 bits per heavy atom. The van der Waals surface area contributed by atoms with Crippen LogP contribution in [0.15, 0.2) is 16.0 Å². The van der Waals surface area contributed by atoms with Crippen molar-refractivity contribution in [2.45, 2.75) is 24.2 Å². The van der Waals surface area contributed by atoms with Crippen LogP contribution in [0.5, 0.6) is 0 Å². The molecule has 0 aliphatic carbocycles. The van der Waals surface area contributed by atoms with Crippen molar-refractivity contribution in [2.75, 3.05) is 12.9 Å². The maximum absolute atomic E-state index is 11.9. The maximum atomic E-state index is 11.9. The quantitative estimate of drug-likeness (QED) is 0.790. The summed E-state index contributed by atoms with van der Waals surface area (Å²) >= 11 is 1.41. The second-order valence-electron chi connectivity index (χ2n) is 3.73. The lowest BCUT2D eigenvalue weighted by Gasteiger charge is -2.10. The molecule has 0 aromatic carbocycles. The van der Waals surface area contributed by atoms with E-state index in [2.05, 4.69) is 4.98 Å². The van der Waals surface area contributed by atoms with Gasteiger partial charge in [-0.2, -0.15) is 0 Å². The van der Waals surface area contributed by atoms with Gasteiger partial charge in [-0.3, -0.25) is 14.2 Å². The molecule has 7 heteroatoms. The largest absolute Gasteiger partial charge is 0.481 e. The molecule has 6 nitrogen and oxygen atoms in total. The summed E-state index contributed by atoms with van der Waals surface area (Å²) < 4.78 is 6.38. The van der Waals surface area contributed by atoms with Gasteiger partial charge in [-0.25, -0.2) is 4.98 Å². The highest BCUT2D eigenvalue weighted by molar-refractivity contribution is 7.99. The Morgan fingerprint density at radius 3 is 3.18 bits per heavy atom. The summed E-state index contributed by atoms with van der Waals surface area (Å²) in [4.78, 5) is 26.8. The molecule has 1 aromatic heterocycles. The highest BCUT2D eigenvalue weighted by Crippen LogP contribution is 2.31. The lowest BCUT2D eigenvalue weighted by atomic mass is 10.2. The van der Waals surface area contributed by atoms with Crippen LogP contribution in [0.4, 0.5) is 0 Å². The van der Waals surface area contributed by atoms with Crippen LogP contribution < -0.4 is 5.56 Å². The van der Waals surface area contributed by atoms with E-state index < -0.39 is 5.97 Å². The lowest BCUT2D eigenvalue weighted by molar-refractivity contribution is -0.137. The van der Waals surface area contributed by atoms with Crippen LogP contribution in [-0.2, 0) is 16.1 Å². The van der Waals surface area contributed by atoms with Crippen LogP contribution in [-0.4, -0.2) is 33.5 Å². The summed E-state index contributed by atoms with van der Waals surface area (Å²) in [7, 11) is 1.53. The monoisotopic (exact) mass is 256 g/mol. The average Bonchev–Trinajstić information content (AvgIpc) is 2.61. The molecule has 0 saturated heterocycles. The number of ether oxygens (including phenoxy) is 1. The summed E-state index contributed by atoms with van der Waals surface area (Å²) in [5, 5.41) is 9.34. The minimum absolute atomic E-state index is 0.0504. The molecule has 0 amide bonds. The molecule has 0 fully saturated rings. The third kappa shape index (κ3) is 2.50. The molecule has 2 heterocycles.